The monoisotopic (exact) mass is 558 g/mol. The molecule has 0 saturated heterocycles. The van der Waals surface area contributed by atoms with E-state index in [1.54, 1.807) is 0 Å². The SMILES string of the molecule is CC1=C(C(c2cc(C)cc(C)c2)(c2cc(C)cc(C)c2)c2cc(C)cc(C)c2)CC=[C]1[Ti+3].[Cl-].[Cl-].[Cl-]. The Balaban J connectivity index is 0.00000204. The smallest absolute Gasteiger partial charge is 1.00 e. The van der Waals surface area contributed by atoms with E-state index in [2.05, 4.69) is 130 Å². The fraction of sp³-hybridized carbons (Fsp3) is 0.290. The van der Waals surface area contributed by atoms with Gasteiger partial charge in [0.1, 0.15) is 0 Å². The first-order valence-electron chi connectivity index (χ1n) is 11.5. The molecule has 3 aromatic carbocycles. The zero-order valence-electron chi connectivity index (χ0n) is 21.6. The van der Waals surface area contributed by atoms with Gasteiger partial charge in [0, 0.05) is 0 Å². The second-order valence-electron chi connectivity index (χ2n) is 9.80. The Bertz CT molecular complexity index is 1100. The van der Waals surface area contributed by atoms with Gasteiger partial charge < -0.3 is 37.2 Å². The number of hydrogen-bond donors (Lipinski definition) is 0. The Hall–Kier alpha value is -1.28. The van der Waals surface area contributed by atoms with Crippen molar-refractivity contribution in [1.82, 2.24) is 0 Å². The van der Waals surface area contributed by atoms with Crippen LogP contribution in [0.1, 0.15) is 63.4 Å². The molecule has 0 nitrogen and oxygen atoms in total. The van der Waals surface area contributed by atoms with Crippen molar-refractivity contribution in [2.45, 2.75) is 60.3 Å². The van der Waals surface area contributed by atoms with E-state index in [1.807, 2.05) is 0 Å². The Morgan fingerprint density at radius 2 is 0.800 bits per heavy atom. The molecule has 0 spiro atoms. The normalized spacial score (nSPS) is 13.0. The van der Waals surface area contributed by atoms with Gasteiger partial charge in [-0.3, -0.25) is 0 Å². The standard InChI is InChI=1S/C31H33.3ClH.Ti/c1-20-11-21(2)15-27(14-20)31(30-10-8-9-26(30)7,28-16-22(3)12-23(4)17-28)29-18-24(5)13-25(6)19-29;;;;/h8,11-19H,10H2,1-7H3;3*1H;/q;;;;+3/p-3. The second kappa shape index (κ2) is 12.3. The van der Waals surface area contributed by atoms with Crippen LogP contribution >= 0.6 is 0 Å². The zero-order valence-corrected chi connectivity index (χ0v) is 25.4. The van der Waals surface area contributed by atoms with Crippen molar-refractivity contribution < 1.29 is 57.7 Å². The van der Waals surface area contributed by atoms with Gasteiger partial charge in [0.15, 0.2) is 0 Å². The average molecular weight is 560 g/mol. The minimum Gasteiger partial charge on any atom is -1.00 e. The van der Waals surface area contributed by atoms with Crippen LogP contribution in [0.5, 0.6) is 0 Å². The van der Waals surface area contributed by atoms with Gasteiger partial charge in [-0.1, -0.05) is 0 Å². The summed E-state index contributed by atoms with van der Waals surface area (Å²) in [6.07, 6.45) is 3.40. The van der Waals surface area contributed by atoms with Gasteiger partial charge >= 0.3 is 207 Å². The quantitative estimate of drug-likeness (QED) is 0.285. The van der Waals surface area contributed by atoms with Crippen LogP contribution in [0.15, 0.2) is 75.7 Å². The van der Waals surface area contributed by atoms with Crippen molar-refractivity contribution in [2.24, 2.45) is 0 Å². The molecule has 4 rings (SSSR count). The summed E-state index contributed by atoms with van der Waals surface area (Å²) in [5, 5.41) is 0. The zero-order chi connectivity index (χ0) is 23.2. The Labute approximate surface area is 242 Å². The summed E-state index contributed by atoms with van der Waals surface area (Å²) in [6, 6.07) is 21.3. The molecule has 0 aromatic heterocycles. The summed E-state index contributed by atoms with van der Waals surface area (Å²) < 4.78 is 1.41. The minimum absolute atomic E-state index is 0. The van der Waals surface area contributed by atoms with Crippen LogP contribution in [0.4, 0.5) is 0 Å². The summed E-state index contributed by atoms with van der Waals surface area (Å²) >= 11 is 2.26. The molecule has 0 radical (unpaired) electrons. The van der Waals surface area contributed by atoms with Gasteiger partial charge in [-0.15, -0.1) is 0 Å². The first-order chi connectivity index (χ1) is 15.1. The van der Waals surface area contributed by atoms with Crippen LogP contribution in [0.25, 0.3) is 0 Å². The molecule has 0 amide bonds. The first kappa shape index (κ1) is 31.8. The maximum Gasteiger partial charge on any atom is -1.00 e. The van der Waals surface area contributed by atoms with E-state index in [1.165, 1.54) is 65.1 Å². The predicted molar refractivity (Wildman–Crippen MR) is 133 cm³/mol. The summed E-state index contributed by atoms with van der Waals surface area (Å²) in [5.41, 5.74) is 14.7. The van der Waals surface area contributed by atoms with Gasteiger partial charge in [-0.2, -0.15) is 0 Å². The van der Waals surface area contributed by atoms with E-state index < -0.39 is 0 Å². The maximum atomic E-state index is 2.41. The van der Waals surface area contributed by atoms with Crippen molar-refractivity contribution in [3.8, 4) is 0 Å². The minimum atomic E-state index is -0.317. The summed E-state index contributed by atoms with van der Waals surface area (Å²) in [7, 11) is 0. The van der Waals surface area contributed by atoms with Gasteiger partial charge in [0.2, 0.25) is 0 Å². The van der Waals surface area contributed by atoms with E-state index in [4.69, 9.17) is 0 Å². The van der Waals surface area contributed by atoms with E-state index >= 15 is 0 Å². The van der Waals surface area contributed by atoms with Crippen LogP contribution in [0.3, 0.4) is 0 Å². The molecule has 0 aliphatic heterocycles. The third-order valence-corrected chi connectivity index (χ3v) is 7.69. The van der Waals surface area contributed by atoms with Crippen LogP contribution in [0, 0.1) is 41.5 Å². The molecule has 1 aliphatic carbocycles. The van der Waals surface area contributed by atoms with Crippen molar-refractivity contribution in [3.05, 3.63) is 126 Å². The molecule has 0 bridgehead atoms. The molecular formula is C31H33Cl3Ti. The number of allylic oxidation sites excluding steroid dienone is 4. The molecule has 35 heavy (non-hydrogen) atoms. The third kappa shape index (κ3) is 6.00. The molecule has 0 atom stereocenters. The van der Waals surface area contributed by atoms with E-state index in [0.717, 1.165) is 6.42 Å². The molecule has 182 valence electrons. The average Bonchev–Trinajstić information content (AvgIpc) is 3.00. The van der Waals surface area contributed by atoms with Crippen molar-refractivity contribution in [1.29, 1.82) is 0 Å². The fourth-order valence-electron chi connectivity index (χ4n) is 5.70. The van der Waals surface area contributed by atoms with Crippen molar-refractivity contribution in [2.75, 3.05) is 0 Å². The van der Waals surface area contributed by atoms with Crippen LogP contribution in [0.2, 0.25) is 0 Å². The van der Waals surface area contributed by atoms with Gasteiger partial charge in [0.05, 0.1) is 0 Å². The Morgan fingerprint density at radius 1 is 0.514 bits per heavy atom. The van der Waals surface area contributed by atoms with Crippen LogP contribution in [-0.4, -0.2) is 0 Å². The van der Waals surface area contributed by atoms with Crippen molar-refractivity contribution >= 4 is 0 Å². The summed E-state index contributed by atoms with van der Waals surface area (Å²) in [5.74, 6) is 0. The Morgan fingerprint density at radius 3 is 1.03 bits per heavy atom. The van der Waals surface area contributed by atoms with Gasteiger partial charge in [-0.05, 0) is 0 Å². The number of aryl methyl sites for hydroxylation is 6. The summed E-state index contributed by atoms with van der Waals surface area (Å²) in [4.78, 5) is 0. The van der Waals surface area contributed by atoms with Crippen molar-refractivity contribution in [3.63, 3.8) is 0 Å². The molecule has 0 saturated carbocycles. The Kier molecular flexibility index (Phi) is 11.2. The van der Waals surface area contributed by atoms with Gasteiger partial charge in [-0.25, -0.2) is 0 Å². The number of rotatable bonds is 4. The number of benzene rings is 3. The molecule has 0 fully saturated rings. The molecule has 3 aromatic rings. The fourth-order valence-corrected chi connectivity index (χ4v) is 6.10. The van der Waals surface area contributed by atoms with E-state index in [-0.39, 0.29) is 42.6 Å². The van der Waals surface area contributed by atoms with E-state index in [0.29, 0.717) is 0 Å². The largest absolute Gasteiger partial charge is 1.00 e. The first-order valence-corrected chi connectivity index (χ1v) is 12.3. The van der Waals surface area contributed by atoms with Crippen LogP contribution in [-0.2, 0) is 25.9 Å². The molecule has 0 unspecified atom stereocenters. The van der Waals surface area contributed by atoms with E-state index in [9.17, 15) is 0 Å². The molecule has 1 aliphatic rings. The topological polar surface area (TPSA) is 0 Å². The third-order valence-electron chi connectivity index (χ3n) is 6.78. The maximum absolute atomic E-state index is 2.41. The molecular weight excluding hydrogens is 527 g/mol. The van der Waals surface area contributed by atoms with Crippen LogP contribution < -0.4 is 37.2 Å². The predicted octanol–water partition coefficient (Wildman–Crippen LogP) is -0.966. The molecule has 4 heteroatoms. The summed E-state index contributed by atoms with van der Waals surface area (Å²) in [6.45, 7) is 15.7. The number of halogens is 3. The number of hydrogen-bond acceptors (Lipinski definition) is 0. The van der Waals surface area contributed by atoms with Gasteiger partial charge in [0.25, 0.3) is 0 Å². The molecule has 0 heterocycles. The second-order valence-corrected chi connectivity index (χ2v) is 10.6. The molecule has 0 N–H and O–H groups in total.